The van der Waals surface area contributed by atoms with Crippen molar-refractivity contribution in [2.75, 3.05) is 19.7 Å². The first-order valence-corrected chi connectivity index (χ1v) is 11.2. The Balaban J connectivity index is 2.44. The van der Waals surface area contributed by atoms with E-state index in [0.717, 1.165) is 41.7 Å². The second kappa shape index (κ2) is 9.69. The van der Waals surface area contributed by atoms with Crippen LogP contribution in [0.5, 0.6) is 5.75 Å². The van der Waals surface area contributed by atoms with E-state index in [-0.39, 0.29) is 10.8 Å². The summed E-state index contributed by atoms with van der Waals surface area (Å²) in [5.74, 6) is 1.09. The van der Waals surface area contributed by atoms with Crippen LogP contribution in [0.25, 0.3) is 0 Å². The number of nitrogens with one attached hydrogen (secondary N) is 2. The van der Waals surface area contributed by atoms with Crippen molar-refractivity contribution >= 4 is 38.5 Å². The molecule has 2 N–H and O–H groups in total. The average molecular weight is 464 g/mol. The highest BCUT2D eigenvalue weighted by molar-refractivity contribution is 9.10. The molecule has 0 radical (unpaired) electrons. The molecule has 0 spiro atoms. The zero-order valence-electron chi connectivity index (χ0n) is 15.6. The highest BCUT2D eigenvalue weighted by Gasteiger charge is 2.32. The standard InChI is InChI=1S/C19H28BrClN2O2S/c1-5-10-25-17-12-15(20)16(21)11-14(17)18(13-6-8-22-9-7-13)23-26(24)19(2,3)4/h5,11-13,18,22-23H,1,6-10H2,2-4H3/t18-,26+/m1/s1. The lowest BCUT2D eigenvalue weighted by molar-refractivity contribution is 0.295. The van der Waals surface area contributed by atoms with Crippen molar-refractivity contribution in [3.63, 3.8) is 0 Å². The number of benzene rings is 1. The first kappa shape index (κ1) is 21.9. The highest BCUT2D eigenvalue weighted by Crippen LogP contribution is 2.39. The maximum absolute atomic E-state index is 12.9. The molecule has 0 aliphatic carbocycles. The van der Waals surface area contributed by atoms with Gasteiger partial charge in [0.1, 0.15) is 12.4 Å². The molecule has 146 valence electrons. The van der Waals surface area contributed by atoms with Gasteiger partial charge in [0.25, 0.3) is 0 Å². The van der Waals surface area contributed by atoms with Gasteiger partial charge in [-0.3, -0.25) is 0 Å². The fourth-order valence-electron chi connectivity index (χ4n) is 2.94. The smallest absolute Gasteiger partial charge is 0.125 e. The number of hydrogen-bond donors (Lipinski definition) is 2. The Labute approximate surface area is 172 Å². The van der Waals surface area contributed by atoms with Crippen molar-refractivity contribution in [2.24, 2.45) is 5.92 Å². The van der Waals surface area contributed by atoms with E-state index in [2.05, 4.69) is 32.5 Å². The first-order chi connectivity index (χ1) is 12.2. The number of hydrogen-bond acceptors (Lipinski definition) is 3. The monoisotopic (exact) mass is 462 g/mol. The Morgan fingerprint density at radius 3 is 2.69 bits per heavy atom. The Hall–Kier alpha value is -0.400. The summed E-state index contributed by atoms with van der Waals surface area (Å²) in [6.45, 7) is 12.0. The molecule has 1 aliphatic rings. The molecule has 1 fully saturated rings. The molecule has 1 aromatic carbocycles. The quantitative estimate of drug-likeness (QED) is 0.573. The van der Waals surface area contributed by atoms with E-state index in [1.807, 2.05) is 32.9 Å². The van der Waals surface area contributed by atoms with Gasteiger partial charge in [-0.05, 0) is 80.7 Å². The van der Waals surface area contributed by atoms with Crippen LogP contribution in [0.1, 0.15) is 45.2 Å². The normalized spacial score (nSPS) is 18.3. The fourth-order valence-corrected chi connectivity index (χ4v) is 4.34. The van der Waals surface area contributed by atoms with Gasteiger partial charge >= 0.3 is 0 Å². The predicted molar refractivity (Wildman–Crippen MR) is 114 cm³/mol. The van der Waals surface area contributed by atoms with Crippen molar-refractivity contribution in [3.8, 4) is 5.75 Å². The molecule has 2 rings (SSSR count). The summed E-state index contributed by atoms with van der Waals surface area (Å²) in [4.78, 5) is 0. The average Bonchev–Trinajstić information content (AvgIpc) is 2.60. The number of ether oxygens (including phenoxy) is 1. The lowest BCUT2D eigenvalue weighted by Gasteiger charge is -2.34. The largest absolute Gasteiger partial charge is 0.489 e. The van der Waals surface area contributed by atoms with E-state index in [1.165, 1.54) is 0 Å². The molecule has 1 saturated heterocycles. The van der Waals surface area contributed by atoms with Crippen LogP contribution in [0.2, 0.25) is 5.02 Å². The highest BCUT2D eigenvalue weighted by atomic mass is 79.9. The van der Waals surface area contributed by atoms with E-state index >= 15 is 0 Å². The minimum Gasteiger partial charge on any atom is -0.489 e. The number of halogens is 2. The molecule has 1 aliphatic heterocycles. The molecule has 0 saturated carbocycles. The van der Waals surface area contributed by atoms with Crippen LogP contribution in [-0.4, -0.2) is 28.7 Å². The molecule has 2 atom stereocenters. The van der Waals surface area contributed by atoms with Crippen molar-refractivity contribution < 1.29 is 8.95 Å². The van der Waals surface area contributed by atoms with Gasteiger partial charge in [0, 0.05) is 10.0 Å². The molecular formula is C19H28BrClN2O2S. The van der Waals surface area contributed by atoms with E-state index in [4.69, 9.17) is 16.3 Å². The van der Waals surface area contributed by atoms with Crippen LogP contribution in [0, 0.1) is 5.92 Å². The van der Waals surface area contributed by atoms with Crippen molar-refractivity contribution in [1.82, 2.24) is 10.0 Å². The van der Waals surface area contributed by atoms with Gasteiger partial charge in [0.2, 0.25) is 0 Å². The Kier molecular flexibility index (Phi) is 8.16. The molecule has 1 heterocycles. The van der Waals surface area contributed by atoms with Gasteiger partial charge in [-0.25, -0.2) is 8.93 Å². The van der Waals surface area contributed by atoms with Crippen LogP contribution in [0.4, 0.5) is 0 Å². The SMILES string of the molecule is C=CCOc1cc(Br)c(Cl)cc1[C@H](N[S@@](=O)C(C)(C)C)C1CCNCC1. The Morgan fingerprint density at radius 1 is 1.46 bits per heavy atom. The Morgan fingerprint density at radius 2 is 2.12 bits per heavy atom. The molecule has 0 aromatic heterocycles. The molecule has 0 amide bonds. The molecule has 0 unspecified atom stereocenters. The molecular weight excluding hydrogens is 436 g/mol. The van der Waals surface area contributed by atoms with Gasteiger partial charge in [-0.2, -0.15) is 0 Å². The van der Waals surface area contributed by atoms with E-state index in [0.29, 0.717) is 17.5 Å². The maximum atomic E-state index is 12.9. The third kappa shape index (κ3) is 5.80. The van der Waals surface area contributed by atoms with Gasteiger partial charge < -0.3 is 10.1 Å². The van der Waals surface area contributed by atoms with Crippen LogP contribution in [-0.2, 0) is 11.0 Å². The van der Waals surface area contributed by atoms with Gasteiger partial charge in [-0.1, -0.05) is 24.3 Å². The Bertz CT molecular complexity index is 658. The summed E-state index contributed by atoms with van der Waals surface area (Å²) in [7, 11) is -1.20. The van der Waals surface area contributed by atoms with Crippen LogP contribution < -0.4 is 14.8 Å². The zero-order valence-corrected chi connectivity index (χ0v) is 18.8. The third-order valence-corrected chi connectivity index (χ3v) is 7.17. The molecule has 7 heteroatoms. The topological polar surface area (TPSA) is 50.4 Å². The number of piperidine rings is 1. The van der Waals surface area contributed by atoms with Crippen LogP contribution in [0.3, 0.4) is 0 Å². The van der Waals surface area contributed by atoms with Crippen molar-refractivity contribution in [2.45, 2.75) is 44.4 Å². The third-order valence-electron chi connectivity index (χ3n) is 4.39. The predicted octanol–water partition coefficient (Wildman–Crippen LogP) is 4.76. The van der Waals surface area contributed by atoms with Gasteiger partial charge in [0.15, 0.2) is 0 Å². The molecule has 0 bridgehead atoms. The van der Waals surface area contributed by atoms with Gasteiger partial charge in [0.05, 0.1) is 26.8 Å². The van der Waals surface area contributed by atoms with E-state index < -0.39 is 11.0 Å². The second-order valence-electron chi connectivity index (χ2n) is 7.47. The molecule has 4 nitrogen and oxygen atoms in total. The summed E-state index contributed by atoms with van der Waals surface area (Å²) in [5.41, 5.74) is 0.949. The minimum absolute atomic E-state index is 0.0948. The molecule has 26 heavy (non-hydrogen) atoms. The molecule has 1 aromatic rings. The zero-order chi connectivity index (χ0) is 19.3. The van der Waals surface area contributed by atoms with Crippen molar-refractivity contribution in [1.29, 1.82) is 0 Å². The minimum atomic E-state index is -1.20. The van der Waals surface area contributed by atoms with E-state index in [1.54, 1.807) is 6.08 Å². The lowest BCUT2D eigenvalue weighted by Crippen LogP contribution is -2.41. The van der Waals surface area contributed by atoms with Gasteiger partial charge in [-0.15, -0.1) is 0 Å². The summed E-state index contributed by atoms with van der Waals surface area (Å²) >= 11 is 9.86. The van der Waals surface area contributed by atoms with Crippen LogP contribution in [0.15, 0.2) is 29.3 Å². The summed E-state index contributed by atoms with van der Waals surface area (Å²) in [5, 5.41) is 4.01. The number of rotatable bonds is 7. The lowest BCUT2D eigenvalue weighted by atomic mass is 9.86. The second-order valence-corrected chi connectivity index (χ2v) is 10.7. The fraction of sp³-hybridized carbons (Fsp3) is 0.579. The maximum Gasteiger partial charge on any atom is 0.125 e. The van der Waals surface area contributed by atoms with Crippen LogP contribution >= 0.6 is 27.5 Å². The van der Waals surface area contributed by atoms with Crippen molar-refractivity contribution in [3.05, 3.63) is 39.8 Å². The first-order valence-electron chi connectivity index (χ1n) is 8.85. The summed E-state index contributed by atoms with van der Waals surface area (Å²) in [6, 6.07) is 3.71. The van der Waals surface area contributed by atoms with E-state index in [9.17, 15) is 4.21 Å². The summed E-state index contributed by atoms with van der Waals surface area (Å²) < 4.78 is 22.6. The summed E-state index contributed by atoms with van der Waals surface area (Å²) in [6.07, 6.45) is 3.73.